The molecule has 3 aromatic rings. The number of aryl methyl sites for hydroxylation is 1. The molecule has 1 heterocycles. The number of nitrogens with one attached hydrogen (secondary N) is 1. The number of rotatable bonds is 7. The molecule has 1 N–H and O–H groups in total. The highest BCUT2D eigenvalue weighted by Crippen LogP contribution is 2.36. The molecule has 0 radical (unpaired) electrons. The number of fused-ring (bicyclic) bond motifs is 1. The predicted molar refractivity (Wildman–Crippen MR) is 116 cm³/mol. The number of ether oxygens (including phenoxy) is 4. The number of hydrogen-bond donors (Lipinski definition) is 1. The van der Waals surface area contributed by atoms with Gasteiger partial charge in [0.1, 0.15) is 6.61 Å². The highest BCUT2D eigenvalue weighted by Gasteiger charge is 2.14. The molecule has 0 spiro atoms. The summed E-state index contributed by atoms with van der Waals surface area (Å²) in [4.78, 5) is 0. The molecule has 0 aromatic heterocycles. The quantitative estimate of drug-likeness (QED) is 0.496. The van der Waals surface area contributed by atoms with Gasteiger partial charge in [-0.05, 0) is 42.3 Å². The van der Waals surface area contributed by atoms with Crippen molar-refractivity contribution in [1.82, 2.24) is 0 Å². The van der Waals surface area contributed by atoms with Crippen LogP contribution >= 0.6 is 15.9 Å². The SMILES string of the molecule is COc1cc(CNc2ccc3c(c2)OCO3)c(Br)cc1OCc1cccc(C)c1. The van der Waals surface area contributed by atoms with Crippen LogP contribution in [0.4, 0.5) is 5.69 Å². The maximum Gasteiger partial charge on any atom is 0.231 e. The van der Waals surface area contributed by atoms with Crippen LogP contribution in [0.15, 0.2) is 59.1 Å². The van der Waals surface area contributed by atoms with E-state index in [1.165, 1.54) is 5.56 Å². The lowest BCUT2D eigenvalue weighted by molar-refractivity contribution is 0.174. The number of halogens is 1. The van der Waals surface area contributed by atoms with Gasteiger partial charge in [-0.2, -0.15) is 0 Å². The van der Waals surface area contributed by atoms with Crippen molar-refractivity contribution < 1.29 is 18.9 Å². The third kappa shape index (κ3) is 4.59. The van der Waals surface area contributed by atoms with Crippen molar-refractivity contribution in [3.8, 4) is 23.0 Å². The van der Waals surface area contributed by atoms with Crippen molar-refractivity contribution >= 4 is 21.6 Å². The third-order valence-electron chi connectivity index (χ3n) is 4.67. The van der Waals surface area contributed by atoms with Gasteiger partial charge in [-0.1, -0.05) is 45.8 Å². The summed E-state index contributed by atoms with van der Waals surface area (Å²) in [6, 6.07) is 18.0. The summed E-state index contributed by atoms with van der Waals surface area (Å²) in [5.41, 5.74) is 4.35. The largest absolute Gasteiger partial charge is 0.493 e. The first-order valence-electron chi connectivity index (χ1n) is 9.30. The fourth-order valence-electron chi connectivity index (χ4n) is 3.15. The second-order valence-electron chi connectivity index (χ2n) is 6.79. The Morgan fingerprint density at radius 1 is 1.00 bits per heavy atom. The van der Waals surface area contributed by atoms with Crippen LogP contribution in [0.25, 0.3) is 0 Å². The van der Waals surface area contributed by atoms with E-state index in [2.05, 4.69) is 46.4 Å². The highest BCUT2D eigenvalue weighted by atomic mass is 79.9. The Kier molecular flexibility index (Phi) is 5.81. The van der Waals surface area contributed by atoms with Gasteiger partial charge in [0, 0.05) is 22.8 Å². The summed E-state index contributed by atoms with van der Waals surface area (Å²) in [6.45, 7) is 3.45. The van der Waals surface area contributed by atoms with E-state index in [1.807, 2.05) is 36.4 Å². The zero-order valence-corrected chi connectivity index (χ0v) is 17.9. The van der Waals surface area contributed by atoms with Gasteiger partial charge in [0.2, 0.25) is 6.79 Å². The first-order chi connectivity index (χ1) is 14.1. The Bertz CT molecular complexity index is 1020. The van der Waals surface area contributed by atoms with Crippen LogP contribution in [0.5, 0.6) is 23.0 Å². The van der Waals surface area contributed by atoms with Crippen LogP contribution in [0, 0.1) is 6.92 Å². The van der Waals surface area contributed by atoms with Crippen LogP contribution in [0.3, 0.4) is 0 Å². The maximum atomic E-state index is 6.01. The van der Waals surface area contributed by atoms with E-state index in [9.17, 15) is 0 Å². The summed E-state index contributed by atoms with van der Waals surface area (Å²) in [5, 5.41) is 3.40. The molecule has 0 aliphatic carbocycles. The average Bonchev–Trinajstić information content (AvgIpc) is 3.19. The minimum atomic E-state index is 0.269. The van der Waals surface area contributed by atoms with Crippen molar-refractivity contribution in [1.29, 1.82) is 0 Å². The molecule has 4 rings (SSSR count). The van der Waals surface area contributed by atoms with Crippen LogP contribution in [0.1, 0.15) is 16.7 Å². The fraction of sp³-hybridized carbons (Fsp3) is 0.217. The molecule has 1 aliphatic heterocycles. The van der Waals surface area contributed by atoms with Crippen LogP contribution < -0.4 is 24.3 Å². The number of methoxy groups -OCH3 is 1. The summed E-state index contributed by atoms with van der Waals surface area (Å²) in [6.07, 6.45) is 0. The summed E-state index contributed by atoms with van der Waals surface area (Å²) in [5.74, 6) is 2.93. The molecule has 0 saturated heterocycles. The molecule has 1 aliphatic rings. The van der Waals surface area contributed by atoms with E-state index < -0.39 is 0 Å². The average molecular weight is 456 g/mol. The molecule has 0 bridgehead atoms. The zero-order valence-electron chi connectivity index (χ0n) is 16.3. The second-order valence-corrected chi connectivity index (χ2v) is 7.65. The van der Waals surface area contributed by atoms with E-state index >= 15 is 0 Å². The van der Waals surface area contributed by atoms with Crippen molar-refractivity contribution in [3.63, 3.8) is 0 Å². The summed E-state index contributed by atoms with van der Waals surface area (Å²) < 4.78 is 23.3. The van der Waals surface area contributed by atoms with Gasteiger partial charge in [0.05, 0.1) is 7.11 Å². The van der Waals surface area contributed by atoms with Crippen molar-refractivity contribution in [3.05, 3.63) is 75.8 Å². The fourth-order valence-corrected chi connectivity index (χ4v) is 3.61. The Balaban J connectivity index is 1.45. The van der Waals surface area contributed by atoms with Crippen LogP contribution in [-0.2, 0) is 13.2 Å². The third-order valence-corrected chi connectivity index (χ3v) is 5.40. The van der Waals surface area contributed by atoms with Gasteiger partial charge in [-0.15, -0.1) is 0 Å². The summed E-state index contributed by atoms with van der Waals surface area (Å²) in [7, 11) is 1.65. The van der Waals surface area contributed by atoms with E-state index in [4.69, 9.17) is 18.9 Å². The molecule has 6 heteroatoms. The first kappa shape index (κ1) is 19.5. The Morgan fingerprint density at radius 2 is 1.86 bits per heavy atom. The van der Waals surface area contributed by atoms with Gasteiger partial charge >= 0.3 is 0 Å². The van der Waals surface area contributed by atoms with E-state index in [1.54, 1.807) is 7.11 Å². The Hall–Kier alpha value is -2.86. The predicted octanol–water partition coefficient (Wildman–Crippen LogP) is 5.69. The van der Waals surface area contributed by atoms with E-state index in [0.29, 0.717) is 24.7 Å². The molecule has 0 atom stereocenters. The molecular formula is C23H22BrNO4. The molecule has 0 fully saturated rings. The zero-order chi connectivity index (χ0) is 20.2. The molecule has 5 nitrogen and oxygen atoms in total. The smallest absolute Gasteiger partial charge is 0.231 e. The Labute approximate surface area is 178 Å². The van der Waals surface area contributed by atoms with Gasteiger partial charge < -0.3 is 24.3 Å². The first-order valence-corrected chi connectivity index (χ1v) is 10.1. The highest BCUT2D eigenvalue weighted by molar-refractivity contribution is 9.10. The monoisotopic (exact) mass is 455 g/mol. The van der Waals surface area contributed by atoms with Crippen LogP contribution in [-0.4, -0.2) is 13.9 Å². The van der Waals surface area contributed by atoms with Crippen molar-refractivity contribution in [2.24, 2.45) is 0 Å². The standard InChI is InChI=1S/C23H22BrNO4/c1-15-4-3-5-16(8-15)13-27-23-11-19(24)17(9-21(23)26-2)12-25-18-6-7-20-22(10-18)29-14-28-20/h3-11,25H,12-14H2,1-2H3. The Morgan fingerprint density at radius 3 is 2.69 bits per heavy atom. The van der Waals surface area contributed by atoms with Crippen LogP contribution in [0.2, 0.25) is 0 Å². The molecular weight excluding hydrogens is 434 g/mol. The number of benzene rings is 3. The molecule has 29 heavy (non-hydrogen) atoms. The van der Waals surface area contributed by atoms with Gasteiger partial charge in [0.15, 0.2) is 23.0 Å². The second kappa shape index (κ2) is 8.66. The topological polar surface area (TPSA) is 49.0 Å². The maximum absolute atomic E-state index is 6.01. The molecule has 0 saturated carbocycles. The van der Waals surface area contributed by atoms with Gasteiger partial charge in [-0.25, -0.2) is 0 Å². The van der Waals surface area contributed by atoms with Gasteiger partial charge in [0.25, 0.3) is 0 Å². The lowest BCUT2D eigenvalue weighted by atomic mass is 10.1. The minimum Gasteiger partial charge on any atom is -0.493 e. The van der Waals surface area contributed by atoms with Crippen molar-refractivity contribution in [2.75, 3.05) is 19.2 Å². The lowest BCUT2D eigenvalue weighted by Gasteiger charge is -2.15. The van der Waals surface area contributed by atoms with Gasteiger partial charge in [-0.3, -0.25) is 0 Å². The number of hydrogen-bond acceptors (Lipinski definition) is 5. The molecule has 0 unspecified atom stereocenters. The van der Waals surface area contributed by atoms with E-state index in [-0.39, 0.29) is 6.79 Å². The summed E-state index contributed by atoms with van der Waals surface area (Å²) >= 11 is 3.65. The number of anilines is 1. The van der Waals surface area contributed by atoms with Crippen molar-refractivity contribution in [2.45, 2.75) is 20.1 Å². The van der Waals surface area contributed by atoms with E-state index in [0.717, 1.165) is 32.8 Å². The minimum absolute atomic E-state index is 0.269. The molecule has 0 amide bonds. The lowest BCUT2D eigenvalue weighted by Crippen LogP contribution is -2.03. The normalized spacial score (nSPS) is 12.0. The molecule has 3 aromatic carbocycles. The molecule has 150 valence electrons.